The third-order valence-electron chi connectivity index (χ3n) is 3.93. The number of thioether (sulfide) groups is 1. The van der Waals surface area contributed by atoms with E-state index in [9.17, 15) is 9.59 Å². The Balaban J connectivity index is 1.36. The Labute approximate surface area is 164 Å². The van der Waals surface area contributed by atoms with Crippen molar-refractivity contribution in [3.8, 4) is 0 Å². The van der Waals surface area contributed by atoms with Gasteiger partial charge in [-0.1, -0.05) is 30.0 Å². The first kappa shape index (κ1) is 17.9. The number of nitrogens with zero attached hydrogens (tertiary/aromatic N) is 4. The molecule has 2 aromatic carbocycles. The summed E-state index contributed by atoms with van der Waals surface area (Å²) < 4.78 is 1.57. The van der Waals surface area contributed by atoms with Crippen molar-refractivity contribution in [2.24, 2.45) is 0 Å². The molecule has 0 aliphatic heterocycles. The number of ketones is 1. The van der Waals surface area contributed by atoms with Crippen LogP contribution < -0.4 is 5.32 Å². The Bertz CT molecular complexity index is 1090. The van der Waals surface area contributed by atoms with Crippen molar-refractivity contribution in [2.75, 3.05) is 11.1 Å². The largest absolute Gasteiger partial charge is 0.322 e. The summed E-state index contributed by atoms with van der Waals surface area (Å²) in [4.78, 5) is 32.9. The molecule has 0 saturated heterocycles. The SMILES string of the molecule is O=C(CSc1nc2ncccn2n1)c1ccc(NC(=O)c2ccccc2)cc1. The fourth-order valence-corrected chi connectivity index (χ4v) is 3.24. The zero-order valence-electron chi connectivity index (χ0n) is 14.6. The molecular weight excluding hydrogens is 374 g/mol. The first-order valence-corrected chi connectivity index (χ1v) is 9.47. The molecule has 0 unspecified atom stereocenters. The van der Waals surface area contributed by atoms with Crippen molar-refractivity contribution in [2.45, 2.75) is 5.16 Å². The van der Waals surface area contributed by atoms with Crippen LogP contribution in [0, 0.1) is 0 Å². The number of aromatic nitrogens is 4. The predicted molar refractivity (Wildman–Crippen MR) is 107 cm³/mol. The van der Waals surface area contributed by atoms with E-state index in [0.29, 0.717) is 27.7 Å². The minimum Gasteiger partial charge on any atom is -0.322 e. The zero-order valence-corrected chi connectivity index (χ0v) is 15.5. The lowest BCUT2D eigenvalue weighted by atomic mass is 10.1. The van der Waals surface area contributed by atoms with Crippen molar-refractivity contribution in [3.63, 3.8) is 0 Å². The minimum atomic E-state index is -0.193. The van der Waals surface area contributed by atoms with E-state index in [-0.39, 0.29) is 17.4 Å². The van der Waals surface area contributed by atoms with Crippen LogP contribution in [-0.4, -0.2) is 37.0 Å². The van der Waals surface area contributed by atoms with Gasteiger partial charge in [0.15, 0.2) is 5.78 Å². The Morgan fingerprint density at radius 3 is 2.50 bits per heavy atom. The molecule has 0 radical (unpaired) electrons. The van der Waals surface area contributed by atoms with Gasteiger partial charge < -0.3 is 5.32 Å². The zero-order chi connectivity index (χ0) is 19.3. The monoisotopic (exact) mass is 389 g/mol. The van der Waals surface area contributed by atoms with Crippen LogP contribution in [0.3, 0.4) is 0 Å². The Morgan fingerprint density at radius 1 is 0.964 bits per heavy atom. The lowest BCUT2D eigenvalue weighted by Gasteiger charge is -2.06. The molecule has 0 aliphatic rings. The van der Waals surface area contributed by atoms with Crippen molar-refractivity contribution in [1.29, 1.82) is 0 Å². The maximum absolute atomic E-state index is 12.4. The maximum Gasteiger partial charge on any atom is 0.255 e. The number of carbonyl (C=O) groups excluding carboxylic acids is 2. The molecule has 2 aromatic heterocycles. The highest BCUT2D eigenvalue weighted by atomic mass is 32.2. The average molecular weight is 389 g/mol. The number of fused-ring (bicyclic) bond motifs is 1. The van der Waals surface area contributed by atoms with Crippen LogP contribution in [0.25, 0.3) is 5.78 Å². The lowest BCUT2D eigenvalue weighted by Crippen LogP contribution is -2.11. The van der Waals surface area contributed by atoms with Gasteiger partial charge in [0.25, 0.3) is 11.7 Å². The number of hydrogen-bond acceptors (Lipinski definition) is 6. The molecule has 1 amide bonds. The summed E-state index contributed by atoms with van der Waals surface area (Å²) in [5.74, 6) is 0.475. The van der Waals surface area contributed by atoms with Crippen LogP contribution in [0.4, 0.5) is 5.69 Å². The molecule has 8 heteroatoms. The third-order valence-corrected chi connectivity index (χ3v) is 4.77. The third kappa shape index (κ3) is 4.07. The number of amides is 1. The molecule has 2 heterocycles. The van der Waals surface area contributed by atoms with Crippen molar-refractivity contribution >= 4 is 34.9 Å². The van der Waals surface area contributed by atoms with E-state index < -0.39 is 0 Å². The summed E-state index contributed by atoms with van der Waals surface area (Å²) in [5, 5.41) is 7.57. The molecule has 0 atom stereocenters. The smallest absolute Gasteiger partial charge is 0.255 e. The fourth-order valence-electron chi connectivity index (χ4n) is 2.52. The van der Waals surface area contributed by atoms with E-state index in [0.717, 1.165) is 0 Å². The molecule has 0 aliphatic carbocycles. The lowest BCUT2D eigenvalue weighted by molar-refractivity contribution is 0.101. The maximum atomic E-state index is 12.4. The van der Waals surface area contributed by atoms with E-state index in [4.69, 9.17) is 0 Å². The summed E-state index contributed by atoms with van der Waals surface area (Å²) in [5.41, 5.74) is 1.77. The highest BCUT2D eigenvalue weighted by Crippen LogP contribution is 2.17. The summed E-state index contributed by atoms with van der Waals surface area (Å²) in [7, 11) is 0. The highest BCUT2D eigenvalue weighted by Gasteiger charge is 2.11. The van der Waals surface area contributed by atoms with Crippen LogP contribution in [0.5, 0.6) is 0 Å². The molecule has 7 nitrogen and oxygen atoms in total. The van der Waals surface area contributed by atoms with E-state index in [1.807, 2.05) is 18.2 Å². The molecule has 0 spiro atoms. The summed E-state index contributed by atoms with van der Waals surface area (Å²) in [6.07, 6.45) is 3.39. The molecule has 4 aromatic rings. The Kier molecular flexibility index (Phi) is 5.11. The van der Waals surface area contributed by atoms with E-state index in [1.165, 1.54) is 11.8 Å². The van der Waals surface area contributed by atoms with E-state index in [1.54, 1.807) is 59.4 Å². The average Bonchev–Trinajstić information content (AvgIpc) is 3.16. The molecule has 0 fully saturated rings. The number of benzene rings is 2. The normalized spacial score (nSPS) is 10.7. The minimum absolute atomic E-state index is 0.0437. The van der Waals surface area contributed by atoms with Gasteiger partial charge >= 0.3 is 0 Å². The van der Waals surface area contributed by atoms with Gasteiger partial charge in [0, 0.05) is 29.2 Å². The van der Waals surface area contributed by atoms with Crippen molar-refractivity contribution in [3.05, 3.63) is 84.2 Å². The summed E-state index contributed by atoms with van der Waals surface area (Å²) in [6.45, 7) is 0. The number of carbonyl (C=O) groups is 2. The van der Waals surface area contributed by atoms with Crippen LogP contribution in [0.15, 0.2) is 78.2 Å². The van der Waals surface area contributed by atoms with Gasteiger partial charge in [-0.15, -0.1) is 5.10 Å². The van der Waals surface area contributed by atoms with Gasteiger partial charge in [0.05, 0.1) is 5.75 Å². The van der Waals surface area contributed by atoms with Crippen LogP contribution in [0.2, 0.25) is 0 Å². The topological polar surface area (TPSA) is 89.2 Å². The number of Topliss-reactive ketones (excluding diaryl/α,β-unsaturated/α-hetero) is 1. The molecule has 4 rings (SSSR count). The van der Waals surface area contributed by atoms with Crippen LogP contribution in [0.1, 0.15) is 20.7 Å². The second-order valence-corrected chi connectivity index (χ2v) is 6.81. The molecule has 0 saturated carbocycles. The number of anilines is 1. The first-order valence-electron chi connectivity index (χ1n) is 8.49. The second kappa shape index (κ2) is 8.01. The quantitative estimate of drug-likeness (QED) is 0.402. The van der Waals surface area contributed by atoms with Gasteiger partial charge in [-0.05, 0) is 42.5 Å². The van der Waals surface area contributed by atoms with Crippen LogP contribution in [-0.2, 0) is 0 Å². The number of hydrogen-bond donors (Lipinski definition) is 1. The fraction of sp³-hybridized carbons (Fsp3) is 0.0500. The number of rotatable bonds is 6. The van der Waals surface area contributed by atoms with Gasteiger partial charge in [-0.3, -0.25) is 9.59 Å². The molecule has 0 bridgehead atoms. The van der Waals surface area contributed by atoms with Crippen molar-refractivity contribution in [1.82, 2.24) is 19.6 Å². The van der Waals surface area contributed by atoms with Gasteiger partial charge in [0.1, 0.15) is 0 Å². The van der Waals surface area contributed by atoms with E-state index >= 15 is 0 Å². The van der Waals surface area contributed by atoms with Gasteiger partial charge in [-0.25, -0.2) is 9.50 Å². The molecular formula is C20H15N5O2S. The number of nitrogens with one attached hydrogen (secondary N) is 1. The van der Waals surface area contributed by atoms with Crippen LogP contribution >= 0.6 is 11.8 Å². The predicted octanol–water partition coefficient (Wildman–Crippen LogP) is 3.35. The highest BCUT2D eigenvalue weighted by molar-refractivity contribution is 7.99. The van der Waals surface area contributed by atoms with E-state index in [2.05, 4.69) is 20.4 Å². The summed E-state index contributed by atoms with van der Waals surface area (Å²) >= 11 is 1.26. The molecule has 28 heavy (non-hydrogen) atoms. The first-order chi connectivity index (χ1) is 13.7. The Morgan fingerprint density at radius 2 is 1.75 bits per heavy atom. The van der Waals surface area contributed by atoms with Gasteiger partial charge in [0.2, 0.25) is 5.16 Å². The summed E-state index contributed by atoms with van der Waals surface area (Å²) in [6, 6.07) is 17.5. The molecule has 138 valence electrons. The molecule has 1 N–H and O–H groups in total. The van der Waals surface area contributed by atoms with Crippen molar-refractivity contribution < 1.29 is 9.59 Å². The second-order valence-electron chi connectivity index (χ2n) is 5.87. The standard InChI is InChI=1S/C20H15N5O2S/c26-17(13-28-20-23-19-21-11-4-12-25(19)24-20)14-7-9-16(10-8-14)22-18(27)15-5-2-1-3-6-15/h1-12H,13H2,(H,22,27). The van der Waals surface area contributed by atoms with Gasteiger partial charge in [-0.2, -0.15) is 4.98 Å². The Hall–Kier alpha value is -3.52.